The van der Waals surface area contributed by atoms with E-state index in [4.69, 9.17) is 5.11 Å². The number of rotatable bonds is 8. The van der Waals surface area contributed by atoms with Crippen LogP contribution in [-0.4, -0.2) is 48.0 Å². The van der Waals surface area contributed by atoms with Crippen molar-refractivity contribution in [3.8, 4) is 0 Å². The summed E-state index contributed by atoms with van der Waals surface area (Å²) in [6.45, 7) is 0.397. The molecule has 1 atom stereocenters. The number of alkyl halides is 3. The number of benzene rings is 1. The van der Waals surface area contributed by atoms with Gasteiger partial charge in [0.05, 0.1) is 13.2 Å². The molecule has 1 unspecified atom stereocenters. The molecule has 0 saturated heterocycles. The molecular weight excluding hydrogens is 304 g/mol. The highest BCUT2D eigenvalue weighted by Gasteiger charge is 2.17. The van der Waals surface area contributed by atoms with Crippen molar-refractivity contribution in [1.29, 1.82) is 0 Å². The molecule has 0 bridgehead atoms. The van der Waals surface area contributed by atoms with E-state index >= 15 is 0 Å². The summed E-state index contributed by atoms with van der Waals surface area (Å²) in [5, 5.41) is 9.62. The van der Waals surface area contributed by atoms with E-state index in [0.29, 0.717) is 11.9 Å². The van der Waals surface area contributed by atoms with Gasteiger partial charge >= 0.3 is 0 Å². The van der Waals surface area contributed by atoms with E-state index < -0.39 is 6.43 Å². The first kappa shape index (κ1) is 15.5. The van der Waals surface area contributed by atoms with Gasteiger partial charge in [-0.05, 0) is 5.56 Å². The van der Waals surface area contributed by atoms with E-state index in [9.17, 15) is 8.78 Å². The molecule has 1 aromatic carbocycles. The Morgan fingerprint density at radius 2 is 1.83 bits per heavy atom. The normalized spacial score (nSPS) is 13.2. The Morgan fingerprint density at radius 1 is 1.17 bits per heavy atom. The lowest BCUT2D eigenvalue weighted by Crippen LogP contribution is -2.35. The fraction of sp³-hybridized carbons (Fsp3) is 0.538. The van der Waals surface area contributed by atoms with Gasteiger partial charge in [-0.25, -0.2) is 8.78 Å². The van der Waals surface area contributed by atoms with E-state index in [-0.39, 0.29) is 25.6 Å². The molecule has 0 heterocycles. The van der Waals surface area contributed by atoms with E-state index in [1.54, 1.807) is 4.90 Å². The Hall–Kier alpha value is -0.520. The molecule has 0 spiro atoms. The summed E-state index contributed by atoms with van der Waals surface area (Å²) in [6.07, 6.45) is -2.37. The first-order valence-corrected chi connectivity index (χ1v) is 7.01. The van der Waals surface area contributed by atoms with Crippen LogP contribution in [0.1, 0.15) is 11.5 Å². The maximum absolute atomic E-state index is 12.4. The third-order valence-electron chi connectivity index (χ3n) is 2.75. The Labute approximate surface area is 115 Å². The predicted molar refractivity (Wildman–Crippen MR) is 72.5 cm³/mol. The summed E-state index contributed by atoms with van der Waals surface area (Å²) in [4.78, 5) is 1.60. The minimum atomic E-state index is -2.37. The number of hydrogen-bond acceptors (Lipinski definition) is 2. The second-order valence-corrected chi connectivity index (χ2v) is 4.78. The third kappa shape index (κ3) is 5.42. The van der Waals surface area contributed by atoms with Gasteiger partial charge in [0, 0.05) is 24.3 Å². The van der Waals surface area contributed by atoms with Crippen LogP contribution >= 0.6 is 15.9 Å². The van der Waals surface area contributed by atoms with Crippen LogP contribution in [0.2, 0.25) is 0 Å². The topological polar surface area (TPSA) is 23.5 Å². The van der Waals surface area contributed by atoms with Crippen molar-refractivity contribution in [2.45, 2.75) is 12.3 Å². The zero-order valence-corrected chi connectivity index (χ0v) is 11.7. The average molecular weight is 322 g/mol. The largest absolute Gasteiger partial charge is 0.395 e. The van der Waals surface area contributed by atoms with Crippen molar-refractivity contribution in [2.24, 2.45) is 0 Å². The molecule has 102 valence electrons. The highest BCUT2D eigenvalue weighted by Crippen LogP contribution is 2.19. The maximum Gasteiger partial charge on any atom is 0.251 e. The second-order valence-electron chi connectivity index (χ2n) is 4.14. The van der Waals surface area contributed by atoms with Gasteiger partial charge in [-0.15, -0.1) is 0 Å². The van der Waals surface area contributed by atoms with Crippen LogP contribution in [0.25, 0.3) is 0 Å². The molecule has 0 saturated carbocycles. The van der Waals surface area contributed by atoms with Crippen molar-refractivity contribution in [3.05, 3.63) is 35.9 Å². The standard InChI is InChI=1S/C13H18BrF2NO/c14-8-12(11-4-2-1-3-5-11)9-17(6-7-18)10-13(15)16/h1-5,12-13,18H,6-10H2. The van der Waals surface area contributed by atoms with Crippen molar-refractivity contribution < 1.29 is 13.9 Å². The summed E-state index contributed by atoms with van der Waals surface area (Å²) >= 11 is 3.42. The number of halogens is 3. The molecular formula is C13H18BrF2NO. The molecule has 5 heteroatoms. The maximum atomic E-state index is 12.4. The molecule has 0 radical (unpaired) electrons. The lowest BCUT2D eigenvalue weighted by molar-refractivity contribution is 0.0761. The van der Waals surface area contributed by atoms with Crippen LogP contribution in [0.4, 0.5) is 8.78 Å². The highest BCUT2D eigenvalue weighted by molar-refractivity contribution is 9.09. The minimum absolute atomic E-state index is 0.101. The first-order chi connectivity index (χ1) is 8.67. The van der Waals surface area contributed by atoms with Crippen LogP contribution in [0.5, 0.6) is 0 Å². The van der Waals surface area contributed by atoms with Gasteiger partial charge < -0.3 is 5.11 Å². The SMILES string of the molecule is OCCN(CC(F)F)CC(CBr)c1ccccc1. The summed E-state index contributed by atoms with van der Waals surface area (Å²) in [6, 6.07) is 9.79. The van der Waals surface area contributed by atoms with Gasteiger partial charge in [0.2, 0.25) is 0 Å². The molecule has 0 aromatic heterocycles. The smallest absolute Gasteiger partial charge is 0.251 e. The second kappa shape index (κ2) is 8.56. The molecule has 0 aliphatic heterocycles. The van der Waals surface area contributed by atoms with E-state index in [1.807, 2.05) is 30.3 Å². The van der Waals surface area contributed by atoms with Crippen molar-refractivity contribution >= 4 is 15.9 Å². The molecule has 0 amide bonds. The lowest BCUT2D eigenvalue weighted by atomic mass is 10.0. The number of aliphatic hydroxyl groups excluding tert-OH is 1. The van der Waals surface area contributed by atoms with Gasteiger partial charge in [-0.1, -0.05) is 46.3 Å². The summed E-state index contributed by atoms with van der Waals surface area (Å²) < 4.78 is 24.9. The third-order valence-corrected chi connectivity index (χ3v) is 3.53. The number of nitrogens with zero attached hydrogens (tertiary/aromatic N) is 1. The van der Waals surface area contributed by atoms with Crippen LogP contribution in [0.3, 0.4) is 0 Å². The van der Waals surface area contributed by atoms with Gasteiger partial charge in [0.1, 0.15) is 0 Å². The molecule has 1 rings (SSSR count). The minimum Gasteiger partial charge on any atom is -0.395 e. The Kier molecular flexibility index (Phi) is 7.39. The summed E-state index contributed by atoms with van der Waals surface area (Å²) in [7, 11) is 0. The summed E-state index contributed by atoms with van der Waals surface area (Å²) in [5.74, 6) is 0.150. The Morgan fingerprint density at radius 3 is 2.33 bits per heavy atom. The lowest BCUT2D eigenvalue weighted by Gasteiger charge is -2.26. The molecule has 2 nitrogen and oxygen atoms in total. The monoisotopic (exact) mass is 321 g/mol. The molecule has 0 fully saturated rings. The van der Waals surface area contributed by atoms with Gasteiger partial charge in [0.25, 0.3) is 6.43 Å². The van der Waals surface area contributed by atoms with Crippen LogP contribution in [0.15, 0.2) is 30.3 Å². The average Bonchev–Trinajstić information content (AvgIpc) is 2.36. The fourth-order valence-corrected chi connectivity index (χ4v) is 2.45. The Bertz CT molecular complexity index is 324. The highest BCUT2D eigenvalue weighted by atomic mass is 79.9. The van der Waals surface area contributed by atoms with Crippen LogP contribution in [0, 0.1) is 0 Å². The Balaban J connectivity index is 2.64. The summed E-state index contributed by atoms with van der Waals surface area (Å²) in [5.41, 5.74) is 1.12. The molecule has 1 aromatic rings. The van der Waals surface area contributed by atoms with Crippen molar-refractivity contribution in [2.75, 3.05) is 31.6 Å². The fourth-order valence-electron chi connectivity index (χ4n) is 1.87. The van der Waals surface area contributed by atoms with Crippen LogP contribution in [-0.2, 0) is 0 Å². The van der Waals surface area contributed by atoms with Gasteiger partial charge in [-0.2, -0.15) is 0 Å². The molecule has 1 N–H and O–H groups in total. The van der Waals surface area contributed by atoms with Gasteiger partial charge in [-0.3, -0.25) is 4.90 Å². The van der Waals surface area contributed by atoms with E-state index in [0.717, 1.165) is 5.56 Å². The first-order valence-electron chi connectivity index (χ1n) is 5.89. The van der Waals surface area contributed by atoms with Crippen molar-refractivity contribution in [1.82, 2.24) is 4.90 Å². The zero-order valence-electron chi connectivity index (χ0n) is 10.1. The van der Waals surface area contributed by atoms with Gasteiger partial charge in [0.15, 0.2) is 0 Å². The molecule has 0 aliphatic carbocycles. The van der Waals surface area contributed by atoms with Crippen LogP contribution < -0.4 is 0 Å². The van der Waals surface area contributed by atoms with E-state index in [1.165, 1.54) is 0 Å². The quantitative estimate of drug-likeness (QED) is 0.744. The van der Waals surface area contributed by atoms with E-state index in [2.05, 4.69) is 15.9 Å². The zero-order chi connectivity index (χ0) is 13.4. The van der Waals surface area contributed by atoms with Crippen molar-refractivity contribution in [3.63, 3.8) is 0 Å². The molecule has 18 heavy (non-hydrogen) atoms. The number of aliphatic hydroxyl groups is 1. The number of hydrogen-bond donors (Lipinski definition) is 1. The predicted octanol–water partition coefficient (Wildman–Crippen LogP) is 2.72. The molecule has 0 aliphatic rings.